The molecule has 3 aromatic rings. The number of aromatic nitrogens is 3. The molecule has 7 nitrogen and oxygen atoms in total. The van der Waals surface area contributed by atoms with Gasteiger partial charge in [-0.1, -0.05) is 46.8 Å². The largest absolute Gasteiger partial charge is 0.348 e. The Hall–Kier alpha value is -2.36. The fraction of sp³-hybridized carbons (Fsp3) is 0.364. The van der Waals surface area contributed by atoms with E-state index in [0.717, 1.165) is 36.6 Å². The van der Waals surface area contributed by atoms with Crippen molar-refractivity contribution >= 4 is 61.8 Å². The SMILES string of the molecule is C=CCn1c(SCC(=O)Nc2ccc(C)c(Cl)c2)nc2nc(N3CCCCC3)sc2c1=O. The van der Waals surface area contributed by atoms with Crippen molar-refractivity contribution in [3.63, 3.8) is 0 Å². The summed E-state index contributed by atoms with van der Waals surface area (Å²) in [4.78, 5) is 37.1. The van der Waals surface area contributed by atoms with Crippen LogP contribution in [0.5, 0.6) is 0 Å². The Kier molecular flexibility index (Phi) is 7.17. The second kappa shape index (κ2) is 10.1. The Morgan fingerprint density at radius 2 is 2.09 bits per heavy atom. The number of anilines is 2. The summed E-state index contributed by atoms with van der Waals surface area (Å²) in [6.07, 6.45) is 5.14. The number of hydrogen-bond acceptors (Lipinski definition) is 7. The molecule has 0 radical (unpaired) electrons. The second-order valence-corrected chi connectivity index (χ2v) is 9.92. The summed E-state index contributed by atoms with van der Waals surface area (Å²) in [5.41, 5.74) is 1.86. The molecule has 0 bridgehead atoms. The second-order valence-electron chi connectivity index (χ2n) is 7.60. The molecule has 4 rings (SSSR count). The first-order valence-corrected chi connectivity index (χ1v) is 12.6. The van der Waals surface area contributed by atoms with Gasteiger partial charge in [0.1, 0.15) is 4.70 Å². The van der Waals surface area contributed by atoms with Crippen molar-refractivity contribution in [2.24, 2.45) is 0 Å². The number of carbonyl (C=O) groups excluding carboxylic acids is 1. The number of nitrogens with zero attached hydrogens (tertiary/aromatic N) is 4. The summed E-state index contributed by atoms with van der Waals surface area (Å²) in [5, 5.41) is 4.72. The number of rotatable bonds is 7. The third-order valence-corrected chi connectivity index (χ3v) is 7.67. The van der Waals surface area contributed by atoms with Gasteiger partial charge in [-0.3, -0.25) is 14.2 Å². The van der Waals surface area contributed by atoms with Crippen LogP contribution in [0.25, 0.3) is 10.3 Å². The zero-order valence-electron chi connectivity index (χ0n) is 17.8. The highest BCUT2D eigenvalue weighted by atomic mass is 35.5. The standard InChI is InChI=1S/C22H24ClN5O2S2/c1-3-9-28-20(30)18-19(25-21(32-18)27-10-5-4-6-11-27)26-22(28)31-13-17(29)24-15-8-7-14(2)16(23)12-15/h3,7-8,12H,1,4-6,9-11,13H2,2H3,(H,24,29). The van der Waals surface area contributed by atoms with E-state index >= 15 is 0 Å². The van der Waals surface area contributed by atoms with Gasteiger partial charge in [-0.05, 0) is 43.9 Å². The van der Waals surface area contributed by atoms with Crippen LogP contribution in [0.3, 0.4) is 0 Å². The molecule has 0 saturated carbocycles. The van der Waals surface area contributed by atoms with Crippen LogP contribution in [-0.2, 0) is 11.3 Å². The highest BCUT2D eigenvalue weighted by Crippen LogP contribution is 2.29. The van der Waals surface area contributed by atoms with E-state index in [9.17, 15) is 9.59 Å². The molecule has 1 aliphatic heterocycles. The summed E-state index contributed by atoms with van der Waals surface area (Å²) < 4.78 is 2.09. The van der Waals surface area contributed by atoms with Crippen LogP contribution in [0, 0.1) is 6.92 Å². The average Bonchev–Trinajstić information content (AvgIpc) is 3.22. The molecular formula is C22H24ClN5O2S2. The third kappa shape index (κ3) is 5.00. The van der Waals surface area contributed by atoms with Crippen molar-refractivity contribution in [3.8, 4) is 0 Å². The van der Waals surface area contributed by atoms with Gasteiger partial charge in [0.25, 0.3) is 5.56 Å². The maximum Gasteiger partial charge on any atom is 0.274 e. The Morgan fingerprint density at radius 3 is 2.81 bits per heavy atom. The van der Waals surface area contributed by atoms with Crippen LogP contribution in [0.1, 0.15) is 24.8 Å². The molecular weight excluding hydrogens is 466 g/mol. The van der Waals surface area contributed by atoms with Gasteiger partial charge in [-0.25, -0.2) is 4.98 Å². The van der Waals surface area contributed by atoms with Crippen LogP contribution in [0.4, 0.5) is 10.8 Å². The predicted octanol–water partition coefficient (Wildman–Crippen LogP) is 4.72. The van der Waals surface area contributed by atoms with Gasteiger partial charge in [0.2, 0.25) is 5.91 Å². The highest BCUT2D eigenvalue weighted by Gasteiger charge is 2.20. The van der Waals surface area contributed by atoms with E-state index in [1.54, 1.807) is 22.8 Å². The number of hydrogen-bond donors (Lipinski definition) is 1. The fourth-order valence-electron chi connectivity index (χ4n) is 3.50. The summed E-state index contributed by atoms with van der Waals surface area (Å²) in [6, 6.07) is 5.37. The van der Waals surface area contributed by atoms with Crippen LogP contribution in [0.2, 0.25) is 5.02 Å². The van der Waals surface area contributed by atoms with Gasteiger partial charge in [0, 0.05) is 30.3 Å². The topological polar surface area (TPSA) is 80.1 Å². The van der Waals surface area contributed by atoms with Gasteiger partial charge in [-0.15, -0.1) is 6.58 Å². The smallest absolute Gasteiger partial charge is 0.274 e. The lowest BCUT2D eigenvalue weighted by atomic mass is 10.1. The minimum atomic E-state index is -0.207. The summed E-state index contributed by atoms with van der Waals surface area (Å²) in [7, 11) is 0. The maximum atomic E-state index is 13.1. The zero-order valence-corrected chi connectivity index (χ0v) is 20.2. The zero-order chi connectivity index (χ0) is 22.7. The molecule has 0 aliphatic carbocycles. The molecule has 0 unspecified atom stereocenters. The molecule has 0 atom stereocenters. The number of amides is 1. The predicted molar refractivity (Wildman–Crippen MR) is 133 cm³/mol. The average molecular weight is 490 g/mol. The summed E-state index contributed by atoms with van der Waals surface area (Å²) in [5.74, 6) is -0.106. The lowest BCUT2D eigenvalue weighted by molar-refractivity contribution is -0.113. The molecule has 32 heavy (non-hydrogen) atoms. The van der Waals surface area contributed by atoms with E-state index in [1.165, 1.54) is 29.5 Å². The quantitative estimate of drug-likeness (QED) is 0.294. The number of piperidine rings is 1. The Bertz CT molecular complexity index is 1220. The van der Waals surface area contributed by atoms with E-state index in [1.807, 2.05) is 13.0 Å². The number of halogens is 1. The minimum Gasteiger partial charge on any atom is -0.348 e. The van der Waals surface area contributed by atoms with Crippen LogP contribution >= 0.6 is 34.7 Å². The molecule has 1 fully saturated rings. The van der Waals surface area contributed by atoms with Gasteiger partial charge < -0.3 is 10.2 Å². The lowest BCUT2D eigenvalue weighted by Crippen LogP contribution is -2.29. The number of benzene rings is 1. The van der Waals surface area contributed by atoms with E-state index in [0.29, 0.717) is 32.8 Å². The number of fused-ring (bicyclic) bond motifs is 1. The molecule has 1 aliphatic rings. The Labute approximate surface area is 199 Å². The molecule has 1 amide bonds. The number of nitrogens with one attached hydrogen (secondary N) is 1. The minimum absolute atomic E-state index is 0.101. The monoisotopic (exact) mass is 489 g/mol. The molecule has 10 heteroatoms. The van der Waals surface area contributed by atoms with E-state index in [-0.39, 0.29) is 17.2 Å². The molecule has 0 spiro atoms. The van der Waals surface area contributed by atoms with Gasteiger partial charge in [0.05, 0.1) is 5.75 Å². The van der Waals surface area contributed by atoms with Crippen LogP contribution in [0.15, 0.2) is 40.8 Å². The van der Waals surface area contributed by atoms with Crippen molar-refractivity contribution in [2.75, 3.05) is 29.1 Å². The van der Waals surface area contributed by atoms with E-state index in [4.69, 9.17) is 11.6 Å². The van der Waals surface area contributed by atoms with Gasteiger partial charge in [-0.2, -0.15) is 4.98 Å². The summed E-state index contributed by atoms with van der Waals surface area (Å²) in [6.45, 7) is 7.87. The molecule has 1 N–H and O–H groups in total. The third-order valence-electron chi connectivity index (χ3n) is 5.20. The number of aryl methyl sites for hydroxylation is 1. The molecule has 1 saturated heterocycles. The number of carbonyl (C=O) groups is 1. The van der Waals surface area contributed by atoms with Gasteiger partial charge in [0.15, 0.2) is 15.9 Å². The molecule has 2 aromatic heterocycles. The first-order valence-electron chi connectivity index (χ1n) is 10.4. The highest BCUT2D eigenvalue weighted by molar-refractivity contribution is 7.99. The maximum absolute atomic E-state index is 13.1. The Balaban J connectivity index is 1.55. The van der Waals surface area contributed by atoms with Crippen molar-refractivity contribution in [3.05, 3.63) is 51.8 Å². The Morgan fingerprint density at radius 1 is 1.31 bits per heavy atom. The number of thioether (sulfide) groups is 1. The van der Waals surface area contributed by atoms with Gasteiger partial charge >= 0.3 is 0 Å². The fourth-order valence-corrected chi connectivity index (χ4v) is 5.48. The number of allylic oxidation sites excluding steroid dienone is 1. The number of thiazole rings is 1. The van der Waals surface area contributed by atoms with Crippen LogP contribution < -0.4 is 15.8 Å². The molecule has 3 heterocycles. The van der Waals surface area contributed by atoms with E-state index < -0.39 is 0 Å². The van der Waals surface area contributed by atoms with Crippen molar-refractivity contribution in [1.82, 2.24) is 14.5 Å². The molecule has 1 aromatic carbocycles. The van der Waals surface area contributed by atoms with E-state index in [2.05, 4.69) is 26.8 Å². The van der Waals surface area contributed by atoms with Crippen molar-refractivity contribution < 1.29 is 4.79 Å². The normalized spacial score (nSPS) is 14.0. The van der Waals surface area contributed by atoms with Crippen molar-refractivity contribution in [1.29, 1.82) is 0 Å². The molecule has 168 valence electrons. The lowest BCUT2D eigenvalue weighted by Gasteiger charge is -2.25. The van der Waals surface area contributed by atoms with Crippen molar-refractivity contribution in [2.45, 2.75) is 37.9 Å². The first kappa shape index (κ1) is 22.8. The summed E-state index contributed by atoms with van der Waals surface area (Å²) >= 11 is 8.73. The van der Waals surface area contributed by atoms with Crippen LogP contribution in [-0.4, -0.2) is 39.3 Å². The first-order chi connectivity index (χ1) is 15.5.